The molecule has 0 aliphatic carbocycles. The molecular weight excluding hydrogens is 262 g/mol. The molecule has 0 amide bonds. The van der Waals surface area contributed by atoms with Crippen molar-refractivity contribution in [3.8, 4) is 0 Å². The average Bonchev–Trinajstić information content (AvgIpc) is 2.62. The quantitative estimate of drug-likeness (QED) is 0.745. The summed E-state index contributed by atoms with van der Waals surface area (Å²) in [6, 6.07) is 9.62. The largest absolute Gasteiger partial charge is 0.288 e. The van der Waals surface area contributed by atoms with Crippen LogP contribution >= 0.6 is 0 Å². The van der Waals surface area contributed by atoms with Gasteiger partial charge in [-0.05, 0) is 29.8 Å². The van der Waals surface area contributed by atoms with E-state index in [-0.39, 0.29) is 15.4 Å². The fourth-order valence-electron chi connectivity index (χ4n) is 2.02. The third kappa shape index (κ3) is 1.79. The summed E-state index contributed by atoms with van der Waals surface area (Å²) < 4.78 is 24.6. The number of carbonyl (C=O) groups is 1. The van der Waals surface area contributed by atoms with Crippen LogP contribution in [0.1, 0.15) is 15.9 Å². The third-order valence-corrected chi connectivity index (χ3v) is 4.73. The lowest BCUT2D eigenvalue weighted by molar-refractivity contribution is 0.104. The first-order valence-electron chi connectivity index (χ1n) is 5.61. The van der Waals surface area contributed by atoms with Gasteiger partial charge in [-0.25, -0.2) is 8.42 Å². The van der Waals surface area contributed by atoms with E-state index < -0.39 is 15.6 Å². The minimum atomic E-state index is -3.71. The van der Waals surface area contributed by atoms with Crippen molar-refractivity contribution in [2.24, 2.45) is 0 Å². The SMILES string of the molecule is O=C1C(=Cc2cccnc2)S(=O)(=O)c2ccccc21. The zero-order chi connectivity index (χ0) is 13.5. The first-order valence-corrected chi connectivity index (χ1v) is 7.09. The lowest BCUT2D eigenvalue weighted by Gasteiger charge is -1.97. The van der Waals surface area contributed by atoms with E-state index in [2.05, 4.69) is 4.98 Å². The Kier molecular flexibility index (Phi) is 2.57. The number of benzene rings is 1. The van der Waals surface area contributed by atoms with Crippen molar-refractivity contribution < 1.29 is 13.2 Å². The van der Waals surface area contributed by atoms with Gasteiger partial charge in [0, 0.05) is 18.0 Å². The molecule has 4 nitrogen and oxygen atoms in total. The van der Waals surface area contributed by atoms with Crippen LogP contribution < -0.4 is 0 Å². The van der Waals surface area contributed by atoms with E-state index >= 15 is 0 Å². The van der Waals surface area contributed by atoms with Crippen molar-refractivity contribution >= 4 is 21.7 Å². The van der Waals surface area contributed by atoms with Gasteiger partial charge in [-0.1, -0.05) is 18.2 Å². The fourth-order valence-corrected chi connectivity index (χ4v) is 3.61. The Morgan fingerprint density at radius 2 is 1.84 bits per heavy atom. The van der Waals surface area contributed by atoms with Crippen LogP contribution in [0.5, 0.6) is 0 Å². The van der Waals surface area contributed by atoms with Gasteiger partial charge in [0.05, 0.1) is 4.90 Å². The first-order chi connectivity index (χ1) is 9.10. The van der Waals surface area contributed by atoms with E-state index in [1.165, 1.54) is 24.4 Å². The lowest BCUT2D eigenvalue weighted by atomic mass is 10.1. The molecule has 0 bridgehead atoms. The van der Waals surface area contributed by atoms with Crippen LogP contribution in [-0.4, -0.2) is 19.2 Å². The second-order valence-electron chi connectivity index (χ2n) is 4.12. The summed E-state index contributed by atoms with van der Waals surface area (Å²) in [6.07, 6.45) is 4.46. The van der Waals surface area contributed by atoms with E-state index in [9.17, 15) is 13.2 Å². The van der Waals surface area contributed by atoms with Gasteiger partial charge >= 0.3 is 0 Å². The molecule has 2 aromatic rings. The highest BCUT2D eigenvalue weighted by molar-refractivity contribution is 7.97. The van der Waals surface area contributed by atoms with Crippen LogP contribution in [0.15, 0.2) is 58.6 Å². The van der Waals surface area contributed by atoms with Crippen molar-refractivity contribution in [1.82, 2.24) is 4.98 Å². The molecule has 0 fully saturated rings. The van der Waals surface area contributed by atoms with E-state index in [4.69, 9.17) is 0 Å². The van der Waals surface area contributed by atoms with Crippen LogP contribution in [0.25, 0.3) is 6.08 Å². The molecular formula is C14H9NO3S. The number of hydrogen-bond donors (Lipinski definition) is 0. The van der Waals surface area contributed by atoms with Gasteiger partial charge in [0.1, 0.15) is 4.91 Å². The molecule has 94 valence electrons. The number of hydrogen-bond acceptors (Lipinski definition) is 4. The molecule has 0 unspecified atom stereocenters. The minimum Gasteiger partial charge on any atom is -0.288 e. The molecule has 0 N–H and O–H groups in total. The first kappa shape index (κ1) is 11.8. The van der Waals surface area contributed by atoms with E-state index in [0.29, 0.717) is 5.56 Å². The zero-order valence-corrected chi connectivity index (χ0v) is 10.6. The van der Waals surface area contributed by atoms with E-state index in [1.807, 2.05) is 0 Å². The molecule has 5 heteroatoms. The summed E-state index contributed by atoms with van der Waals surface area (Å²) in [5.74, 6) is -0.459. The van der Waals surface area contributed by atoms with Gasteiger partial charge in [-0.3, -0.25) is 9.78 Å². The molecule has 0 atom stereocenters. The molecule has 1 aromatic carbocycles. The van der Waals surface area contributed by atoms with Gasteiger partial charge in [0.25, 0.3) is 0 Å². The van der Waals surface area contributed by atoms with Gasteiger partial charge in [-0.2, -0.15) is 0 Å². The highest BCUT2D eigenvalue weighted by atomic mass is 32.2. The number of sulfone groups is 1. The summed E-state index contributed by atoms with van der Waals surface area (Å²) in [6.45, 7) is 0. The van der Waals surface area contributed by atoms with Crippen molar-refractivity contribution in [3.05, 3.63) is 64.8 Å². The smallest absolute Gasteiger partial charge is 0.211 e. The van der Waals surface area contributed by atoms with Crippen LogP contribution in [0.4, 0.5) is 0 Å². The summed E-state index contributed by atoms with van der Waals surface area (Å²) in [7, 11) is -3.71. The Bertz CT molecular complexity index is 792. The van der Waals surface area contributed by atoms with Gasteiger partial charge in [0.2, 0.25) is 15.6 Å². The molecule has 0 spiro atoms. The normalized spacial score (nSPS) is 18.5. The predicted molar refractivity (Wildman–Crippen MR) is 70.2 cm³/mol. The topological polar surface area (TPSA) is 64.1 Å². The predicted octanol–water partition coefficient (Wildman–Crippen LogP) is 2.09. The number of nitrogens with zero attached hydrogens (tertiary/aromatic N) is 1. The Hall–Kier alpha value is -2.27. The standard InChI is InChI=1S/C14H9NO3S/c16-14-11-5-1-2-6-12(11)19(17,18)13(14)8-10-4-3-7-15-9-10/h1-9H. The number of carbonyl (C=O) groups excluding carboxylic acids is 1. The van der Waals surface area contributed by atoms with Crippen LogP contribution in [0.3, 0.4) is 0 Å². The average molecular weight is 271 g/mol. The van der Waals surface area contributed by atoms with E-state index in [1.54, 1.807) is 30.5 Å². The van der Waals surface area contributed by atoms with Gasteiger partial charge in [0.15, 0.2) is 0 Å². The Morgan fingerprint density at radius 1 is 1.05 bits per heavy atom. The molecule has 19 heavy (non-hydrogen) atoms. The van der Waals surface area contributed by atoms with Crippen LogP contribution in [-0.2, 0) is 9.84 Å². The lowest BCUT2D eigenvalue weighted by Crippen LogP contribution is -2.02. The Balaban J connectivity index is 2.22. The van der Waals surface area contributed by atoms with Crippen molar-refractivity contribution in [2.45, 2.75) is 4.90 Å². The maximum absolute atomic E-state index is 12.3. The summed E-state index contributed by atoms with van der Waals surface area (Å²) >= 11 is 0. The number of fused-ring (bicyclic) bond motifs is 1. The number of allylic oxidation sites excluding steroid dienone is 1. The molecule has 0 radical (unpaired) electrons. The molecule has 1 aliphatic rings. The van der Waals surface area contributed by atoms with E-state index in [0.717, 1.165) is 0 Å². The molecule has 1 aromatic heterocycles. The summed E-state index contributed by atoms with van der Waals surface area (Å²) in [5.41, 5.74) is 0.819. The number of Topliss-reactive ketones (excluding diaryl/α,β-unsaturated/α-hetero) is 1. The second kappa shape index (κ2) is 4.13. The van der Waals surface area contributed by atoms with Crippen molar-refractivity contribution in [2.75, 3.05) is 0 Å². The number of aromatic nitrogens is 1. The van der Waals surface area contributed by atoms with Crippen LogP contribution in [0.2, 0.25) is 0 Å². The maximum Gasteiger partial charge on any atom is 0.211 e. The highest BCUT2D eigenvalue weighted by Gasteiger charge is 2.38. The number of rotatable bonds is 1. The molecule has 0 saturated heterocycles. The molecule has 1 aliphatic heterocycles. The second-order valence-corrected chi connectivity index (χ2v) is 6.01. The minimum absolute atomic E-state index is 0.0788. The third-order valence-electron chi connectivity index (χ3n) is 2.92. The van der Waals surface area contributed by atoms with Crippen LogP contribution in [0, 0.1) is 0 Å². The highest BCUT2D eigenvalue weighted by Crippen LogP contribution is 2.34. The fraction of sp³-hybridized carbons (Fsp3) is 0. The zero-order valence-electron chi connectivity index (χ0n) is 9.78. The number of pyridine rings is 1. The Labute approximate surface area is 110 Å². The Morgan fingerprint density at radius 3 is 2.53 bits per heavy atom. The summed E-state index contributed by atoms with van der Waals surface area (Å²) in [4.78, 5) is 15.9. The van der Waals surface area contributed by atoms with Gasteiger partial charge in [-0.15, -0.1) is 0 Å². The monoisotopic (exact) mass is 271 g/mol. The summed E-state index contributed by atoms with van der Waals surface area (Å²) in [5, 5.41) is 0. The maximum atomic E-state index is 12.3. The van der Waals surface area contributed by atoms with Crippen molar-refractivity contribution in [1.29, 1.82) is 0 Å². The van der Waals surface area contributed by atoms with Gasteiger partial charge < -0.3 is 0 Å². The molecule has 2 heterocycles. The molecule has 0 saturated carbocycles. The number of ketones is 1. The molecule has 3 rings (SSSR count). The van der Waals surface area contributed by atoms with Crippen molar-refractivity contribution in [3.63, 3.8) is 0 Å².